The Morgan fingerprint density at radius 1 is 0.372 bits per heavy atom. The highest BCUT2D eigenvalue weighted by atomic mass is 32.1. The van der Waals surface area contributed by atoms with Gasteiger partial charge in [-0.05, 0) is 251 Å². The first kappa shape index (κ1) is 72.6. The molecule has 0 atom stereocenters. The van der Waals surface area contributed by atoms with Crippen LogP contribution < -0.4 is 33.2 Å². The van der Waals surface area contributed by atoms with Gasteiger partial charge in [-0.15, -0.1) is 22.7 Å². The summed E-state index contributed by atoms with van der Waals surface area (Å²) in [5.74, 6) is 5.35. The molecule has 0 aliphatic carbocycles. The molecule has 10 heterocycles. The number of hydrogen-bond acceptors (Lipinski definition) is 19. The third kappa shape index (κ3) is 24.0. The third-order valence-electron chi connectivity index (χ3n) is 11.6. The molecule has 13 rings (SSSR count). The normalized spacial score (nSPS) is 11.7. The third-order valence-corrected chi connectivity index (χ3v) is 14.1. The van der Waals surface area contributed by atoms with Crippen LogP contribution in [0.2, 0.25) is 0 Å². The number of hydrogen-bond donors (Lipinski definition) is 0. The maximum Gasteiger partial charge on any atom is 0.262 e. The zero-order valence-corrected chi connectivity index (χ0v) is 60.3. The van der Waals surface area contributed by atoms with Gasteiger partial charge in [0.05, 0.1) is 55.6 Å². The van der Waals surface area contributed by atoms with Crippen LogP contribution in [0.3, 0.4) is 0 Å². The van der Waals surface area contributed by atoms with Gasteiger partial charge >= 0.3 is 0 Å². The highest BCUT2D eigenvalue weighted by Crippen LogP contribution is 2.34. The Bertz CT molecular complexity index is 4090. The van der Waals surface area contributed by atoms with E-state index in [1.165, 1.54) is 20.9 Å². The van der Waals surface area contributed by atoms with Gasteiger partial charge in [0.2, 0.25) is 23.4 Å². The average molecular weight is 1330 g/mol. The molecule has 0 amide bonds. The molecule has 94 heavy (non-hydrogen) atoms. The number of thiophene rings is 2. The monoisotopic (exact) mass is 1330 g/mol. The number of furan rings is 2. The predicted octanol–water partition coefficient (Wildman–Crippen LogP) is 21.9. The van der Waals surface area contributed by atoms with E-state index in [0.717, 1.165) is 77.3 Å². The summed E-state index contributed by atoms with van der Waals surface area (Å²) in [7, 11) is 0. The Balaban J connectivity index is 0.000000155. The molecule has 16 nitrogen and oxygen atoms in total. The zero-order valence-electron chi connectivity index (χ0n) is 57.8. The molecule has 0 N–H and O–H groups in total. The first-order chi connectivity index (χ1) is 44.2. The number of rotatable bonds is 8. The van der Waals surface area contributed by atoms with E-state index in [9.17, 15) is 0 Å². The molecule has 0 fully saturated rings. The van der Waals surface area contributed by atoms with E-state index in [-0.39, 0.29) is 39.7 Å². The fourth-order valence-electron chi connectivity index (χ4n) is 8.25. The van der Waals surface area contributed by atoms with Crippen LogP contribution in [-0.4, -0.2) is 69.2 Å². The van der Waals surface area contributed by atoms with E-state index in [0.29, 0.717) is 17.5 Å². The molecule has 498 valence electrons. The van der Waals surface area contributed by atoms with E-state index < -0.39 is 0 Å². The van der Waals surface area contributed by atoms with Gasteiger partial charge in [-0.1, -0.05) is 42.5 Å². The van der Waals surface area contributed by atoms with Crippen molar-refractivity contribution in [2.45, 2.75) is 178 Å². The van der Waals surface area contributed by atoms with E-state index in [2.05, 4.69) is 40.9 Å². The second-order valence-corrected chi connectivity index (χ2v) is 30.2. The fourth-order valence-corrected chi connectivity index (χ4v) is 10.5. The Morgan fingerprint density at radius 2 is 0.872 bits per heavy atom. The lowest BCUT2D eigenvalue weighted by atomic mass is 10.2. The maximum absolute atomic E-state index is 5.84. The highest BCUT2D eigenvalue weighted by molar-refractivity contribution is 7.17. The van der Waals surface area contributed by atoms with Crippen molar-refractivity contribution in [3.8, 4) is 40.8 Å². The van der Waals surface area contributed by atoms with Gasteiger partial charge in [-0.3, -0.25) is 0 Å². The molecule has 13 aromatic rings. The van der Waals surface area contributed by atoms with Crippen molar-refractivity contribution in [3.63, 3.8) is 0 Å². The lowest BCUT2D eigenvalue weighted by Gasteiger charge is -2.21. The van der Waals surface area contributed by atoms with Gasteiger partial charge < -0.3 is 46.5 Å². The van der Waals surface area contributed by atoms with Crippen LogP contribution in [0.1, 0.15) is 138 Å². The molecular weight excluding hydrogens is 1240 g/mol. The number of aromatic nitrogens is 6. The van der Waals surface area contributed by atoms with Crippen molar-refractivity contribution in [2.75, 3.05) is 0 Å². The summed E-state index contributed by atoms with van der Waals surface area (Å²) in [5, 5.41) is 14.1. The molecule has 0 radical (unpaired) electrons. The van der Waals surface area contributed by atoms with Crippen LogP contribution in [0.4, 0.5) is 0 Å². The number of para-hydroxylation sites is 2. The van der Waals surface area contributed by atoms with Crippen LogP contribution in [0, 0.1) is 0 Å². The Hall–Kier alpha value is -8.78. The molecule has 0 bridgehead atoms. The van der Waals surface area contributed by atoms with Gasteiger partial charge in [0.25, 0.3) is 5.88 Å². The van der Waals surface area contributed by atoms with Crippen LogP contribution in [0.25, 0.3) is 63.4 Å². The average Bonchev–Trinajstić information content (AvgIpc) is 1.70. The summed E-state index contributed by atoms with van der Waals surface area (Å²) < 4.78 is 62.1. The van der Waals surface area contributed by atoms with Crippen LogP contribution in [-0.2, 0) is 0 Å². The molecule has 0 aliphatic rings. The minimum atomic E-state index is -0.250. The van der Waals surface area contributed by atoms with E-state index >= 15 is 0 Å². The first-order valence-corrected chi connectivity index (χ1v) is 33.5. The van der Waals surface area contributed by atoms with Gasteiger partial charge in [-0.25, -0.2) is 19.9 Å². The van der Waals surface area contributed by atoms with Crippen LogP contribution in [0.5, 0.6) is 40.8 Å². The molecular formula is C75H90N6O10S3. The lowest BCUT2D eigenvalue weighted by Crippen LogP contribution is -2.23. The standard InChI is InChI=1S/2C11H13NO2.3C11H13NOS.C10H11NO2.C10H14O/c1-11(2,3)14-10-8-5-7-13-9(8)4-6-12-10;1-11(2,3)13-10-8-6-4-5-7-9(8)14-12-10;1-11(2,3)13-10-8-5-7-14-9(8)4-6-12-10;1-11(2,3)13-9-4-6-12-10-8(9)5-7-14-10;1-11(2,3)13-10-8-6-4-5-7-9(8)14-12-10;1-7(2)13-9-3-5-11-10-8(9)4-6-12-10;1-10(2,3)11-9-7-5-4-6-8-9/h5*4-7H,1-3H3;3-7H,1-2H3;4-8H,1-3H3. The molecule has 3 aromatic carbocycles. The summed E-state index contributed by atoms with van der Waals surface area (Å²) in [6.07, 6.45) is 10.4. The van der Waals surface area contributed by atoms with E-state index in [1.807, 2.05) is 265 Å². The number of fused-ring (bicyclic) bond motifs is 6. The van der Waals surface area contributed by atoms with E-state index in [4.69, 9.17) is 46.5 Å². The van der Waals surface area contributed by atoms with Gasteiger partial charge in [0.1, 0.15) is 61.3 Å². The number of ether oxygens (including phenoxy) is 7. The molecule has 0 aliphatic heterocycles. The van der Waals surface area contributed by atoms with Crippen molar-refractivity contribution >= 4 is 97.6 Å². The van der Waals surface area contributed by atoms with Crippen molar-refractivity contribution < 1.29 is 46.5 Å². The summed E-state index contributed by atoms with van der Waals surface area (Å²) in [5.41, 5.74) is 1.07. The molecule has 19 heteroatoms. The smallest absolute Gasteiger partial charge is 0.262 e. The quantitative estimate of drug-likeness (QED) is 0.140. The molecule has 10 aromatic heterocycles. The maximum atomic E-state index is 5.84. The largest absolute Gasteiger partial charge is 0.490 e. The van der Waals surface area contributed by atoms with Crippen molar-refractivity contribution in [3.05, 3.63) is 175 Å². The predicted molar refractivity (Wildman–Crippen MR) is 385 cm³/mol. The Morgan fingerprint density at radius 3 is 1.53 bits per heavy atom. The second kappa shape index (κ2) is 31.9. The summed E-state index contributed by atoms with van der Waals surface area (Å²) in [4.78, 5) is 17.8. The van der Waals surface area contributed by atoms with Crippen molar-refractivity contribution in [2.24, 2.45) is 0 Å². The van der Waals surface area contributed by atoms with Crippen molar-refractivity contribution in [1.82, 2.24) is 29.5 Å². The minimum Gasteiger partial charge on any atom is -0.490 e. The van der Waals surface area contributed by atoms with E-state index in [1.54, 1.807) is 60.0 Å². The van der Waals surface area contributed by atoms with Gasteiger partial charge in [-0.2, -0.15) is 4.37 Å². The van der Waals surface area contributed by atoms with Crippen molar-refractivity contribution in [1.29, 1.82) is 0 Å². The SMILES string of the molecule is CC(C)(C)Oc1ccccc1.CC(C)(C)Oc1ccnc2sccc12.CC(C)(C)Oc1nccc2occc12.CC(C)(C)Oc1nccc2sccc12.CC(C)(C)Oc1noc2ccccc12.CC(C)(C)Oc1nsc2ccccc12.CC(C)Oc1ccnc2occc12. The fraction of sp³-hybridized carbons (Fsp3) is 0.360. The molecule has 0 saturated carbocycles. The van der Waals surface area contributed by atoms with Crippen LogP contribution in [0.15, 0.2) is 189 Å². The summed E-state index contributed by atoms with van der Waals surface area (Å²) in [6.45, 7) is 40.3. The molecule has 0 spiro atoms. The topological polar surface area (TPSA) is 181 Å². The number of nitrogens with zero attached hydrogens (tertiary/aromatic N) is 6. The van der Waals surface area contributed by atoms with Crippen LogP contribution >= 0.6 is 34.2 Å². The van der Waals surface area contributed by atoms with Gasteiger partial charge in [0, 0.05) is 29.5 Å². The second-order valence-electron chi connectivity index (χ2n) is 27.5. The highest BCUT2D eigenvalue weighted by Gasteiger charge is 2.21. The lowest BCUT2D eigenvalue weighted by molar-refractivity contribution is 0.119. The summed E-state index contributed by atoms with van der Waals surface area (Å²) in [6, 6.07) is 41.1. The van der Waals surface area contributed by atoms with Gasteiger partial charge in [0.15, 0.2) is 5.58 Å². The molecule has 0 saturated heterocycles. The Kier molecular flexibility index (Phi) is 24.7. The molecule has 0 unspecified atom stereocenters. The Labute approximate surface area is 564 Å². The zero-order chi connectivity index (χ0) is 68.5. The minimum absolute atomic E-state index is 0.0959. The number of pyridine rings is 4. The first-order valence-electron chi connectivity index (χ1n) is 31.0. The summed E-state index contributed by atoms with van der Waals surface area (Å²) >= 11 is 4.82. The number of benzene rings is 3.